The summed E-state index contributed by atoms with van der Waals surface area (Å²) in [5.74, 6) is 0. The molecule has 1 atom stereocenters. The van der Waals surface area contributed by atoms with Crippen LogP contribution in [-0.2, 0) is 5.41 Å². The lowest BCUT2D eigenvalue weighted by Crippen LogP contribution is -2.43. The fraction of sp³-hybridized carbons (Fsp3) is 0.308. The van der Waals surface area contributed by atoms with Crippen molar-refractivity contribution in [2.75, 3.05) is 16.3 Å². The number of hydrogen-bond acceptors (Lipinski definition) is 2. The van der Waals surface area contributed by atoms with Gasteiger partial charge in [-0.2, -0.15) is 0 Å². The van der Waals surface area contributed by atoms with Crippen molar-refractivity contribution < 1.29 is 0 Å². The summed E-state index contributed by atoms with van der Waals surface area (Å²) < 4.78 is 0. The highest BCUT2D eigenvalue weighted by Gasteiger charge is 2.31. The van der Waals surface area contributed by atoms with Crippen LogP contribution in [0.2, 0.25) is 0 Å². The van der Waals surface area contributed by atoms with Crippen molar-refractivity contribution in [3.05, 3.63) is 83.9 Å². The molecule has 28 heavy (non-hydrogen) atoms. The molecule has 0 unspecified atom stereocenters. The molecule has 0 saturated heterocycles. The fourth-order valence-electron chi connectivity index (χ4n) is 4.17. The fourth-order valence-corrected chi connectivity index (χ4v) is 4.17. The molecule has 3 aromatic rings. The van der Waals surface area contributed by atoms with E-state index in [2.05, 4.69) is 117 Å². The maximum absolute atomic E-state index is 2.50. The first-order valence-electron chi connectivity index (χ1n) is 10.2. The number of para-hydroxylation sites is 2. The monoisotopic (exact) mass is 370 g/mol. The second kappa shape index (κ2) is 7.01. The smallest absolute Gasteiger partial charge is 0.0656 e. The molecule has 2 nitrogen and oxygen atoms in total. The van der Waals surface area contributed by atoms with Crippen molar-refractivity contribution in [2.24, 2.45) is 0 Å². The first-order valence-corrected chi connectivity index (χ1v) is 10.2. The summed E-state index contributed by atoms with van der Waals surface area (Å²) in [4.78, 5) is 4.99. The van der Waals surface area contributed by atoms with E-state index in [1.807, 2.05) is 0 Å². The minimum atomic E-state index is 0.118. The first-order chi connectivity index (χ1) is 13.4. The van der Waals surface area contributed by atoms with E-state index in [0.717, 1.165) is 6.54 Å². The third-order valence-corrected chi connectivity index (χ3v) is 5.72. The van der Waals surface area contributed by atoms with Gasteiger partial charge >= 0.3 is 0 Å². The predicted octanol–water partition coefficient (Wildman–Crippen LogP) is 6.97. The highest BCUT2D eigenvalue weighted by molar-refractivity contribution is 5.85. The quantitative estimate of drug-likeness (QED) is 0.480. The summed E-state index contributed by atoms with van der Waals surface area (Å²) in [5.41, 5.74) is 7.93. The number of rotatable bonds is 2. The molecule has 3 aromatic carbocycles. The van der Waals surface area contributed by atoms with E-state index in [-0.39, 0.29) is 5.41 Å². The Morgan fingerprint density at radius 3 is 2.14 bits per heavy atom. The van der Waals surface area contributed by atoms with Gasteiger partial charge in [-0.1, -0.05) is 63.2 Å². The molecule has 1 aliphatic rings. The second-order valence-corrected chi connectivity index (χ2v) is 8.91. The van der Waals surface area contributed by atoms with Crippen molar-refractivity contribution in [1.29, 1.82) is 0 Å². The van der Waals surface area contributed by atoms with Crippen LogP contribution in [0.1, 0.15) is 38.8 Å². The Balaban J connectivity index is 1.92. The summed E-state index contributed by atoms with van der Waals surface area (Å²) in [5, 5.41) is 0. The average molecular weight is 371 g/mol. The van der Waals surface area contributed by atoms with Crippen LogP contribution in [-0.4, -0.2) is 12.6 Å². The molecule has 0 aromatic heterocycles. The van der Waals surface area contributed by atoms with Crippen LogP contribution in [0, 0.1) is 6.92 Å². The molecule has 0 radical (unpaired) electrons. The lowest BCUT2D eigenvalue weighted by molar-refractivity contribution is 0.589. The lowest BCUT2D eigenvalue weighted by Gasteiger charge is -2.44. The molecule has 0 fully saturated rings. The van der Waals surface area contributed by atoms with Gasteiger partial charge in [0.1, 0.15) is 0 Å². The predicted molar refractivity (Wildman–Crippen MR) is 121 cm³/mol. The minimum absolute atomic E-state index is 0.118. The second-order valence-electron chi connectivity index (χ2n) is 8.91. The maximum Gasteiger partial charge on any atom is 0.0656 e. The van der Waals surface area contributed by atoms with Gasteiger partial charge in [0, 0.05) is 24.0 Å². The van der Waals surface area contributed by atoms with E-state index in [0.29, 0.717) is 6.04 Å². The van der Waals surface area contributed by atoms with Gasteiger partial charge in [-0.3, -0.25) is 0 Å². The summed E-state index contributed by atoms with van der Waals surface area (Å²) in [6.07, 6.45) is 0. The standard InChI is InChI=1S/C26H30N2/c1-19-11-9-10-14-23(19)27-18-20(2)28(22-12-7-6-8-13-22)24-16-15-21(17-25(24)27)26(3,4)5/h6-17,20H,18H2,1-5H3/t20-/m0/s1. The Labute approximate surface area is 169 Å². The molecular weight excluding hydrogens is 340 g/mol. The molecule has 4 rings (SSSR count). The van der Waals surface area contributed by atoms with Crippen molar-refractivity contribution in [1.82, 2.24) is 0 Å². The Hall–Kier alpha value is -2.74. The van der Waals surface area contributed by atoms with Crippen molar-refractivity contribution in [2.45, 2.75) is 46.1 Å². The van der Waals surface area contributed by atoms with Crippen LogP contribution in [0.5, 0.6) is 0 Å². The summed E-state index contributed by atoms with van der Waals surface area (Å²) in [6.45, 7) is 12.3. The minimum Gasteiger partial charge on any atom is -0.337 e. The molecule has 0 spiro atoms. The number of fused-ring (bicyclic) bond motifs is 1. The normalized spacial score (nSPS) is 16.8. The average Bonchev–Trinajstić information content (AvgIpc) is 2.67. The molecule has 0 amide bonds. The van der Waals surface area contributed by atoms with Gasteiger partial charge in [-0.05, 0) is 60.7 Å². The Morgan fingerprint density at radius 1 is 0.786 bits per heavy atom. The van der Waals surface area contributed by atoms with Crippen LogP contribution in [0.25, 0.3) is 0 Å². The lowest BCUT2D eigenvalue weighted by atomic mass is 9.86. The number of aryl methyl sites for hydroxylation is 1. The Kier molecular flexibility index (Phi) is 4.66. The van der Waals surface area contributed by atoms with E-state index >= 15 is 0 Å². The molecule has 0 N–H and O–H groups in total. The SMILES string of the molecule is Cc1ccccc1N1C[C@H](C)N(c2ccccc2)c2ccc(C(C)(C)C)cc21. The maximum atomic E-state index is 2.50. The van der Waals surface area contributed by atoms with Crippen LogP contribution in [0.4, 0.5) is 22.7 Å². The van der Waals surface area contributed by atoms with E-state index in [9.17, 15) is 0 Å². The summed E-state index contributed by atoms with van der Waals surface area (Å²) >= 11 is 0. The van der Waals surface area contributed by atoms with Gasteiger partial charge in [0.25, 0.3) is 0 Å². The Bertz CT molecular complexity index is 969. The van der Waals surface area contributed by atoms with Gasteiger partial charge in [0.05, 0.1) is 11.4 Å². The van der Waals surface area contributed by atoms with Crippen LogP contribution in [0.3, 0.4) is 0 Å². The molecule has 0 bridgehead atoms. The van der Waals surface area contributed by atoms with E-state index < -0.39 is 0 Å². The number of hydrogen-bond donors (Lipinski definition) is 0. The van der Waals surface area contributed by atoms with Gasteiger partial charge < -0.3 is 9.80 Å². The zero-order valence-electron chi connectivity index (χ0n) is 17.6. The van der Waals surface area contributed by atoms with Crippen molar-refractivity contribution in [3.63, 3.8) is 0 Å². The van der Waals surface area contributed by atoms with Crippen molar-refractivity contribution in [3.8, 4) is 0 Å². The highest BCUT2D eigenvalue weighted by atomic mass is 15.3. The summed E-state index contributed by atoms with van der Waals surface area (Å²) in [7, 11) is 0. The van der Waals surface area contributed by atoms with Crippen LogP contribution >= 0.6 is 0 Å². The van der Waals surface area contributed by atoms with Crippen molar-refractivity contribution >= 4 is 22.7 Å². The third kappa shape index (κ3) is 3.28. The van der Waals surface area contributed by atoms with Gasteiger partial charge in [0.2, 0.25) is 0 Å². The number of anilines is 4. The van der Waals surface area contributed by atoms with Gasteiger partial charge in [-0.15, -0.1) is 0 Å². The molecule has 1 heterocycles. The summed E-state index contributed by atoms with van der Waals surface area (Å²) in [6, 6.07) is 26.8. The molecule has 1 aliphatic heterocycles. The van der Waals surface area contributed by atoms with E-state index in [1.165, 1.54) is 33.9 Å². The molecular formula is C26H30N2. The van der Waals surface area contributed by atoms with E-state index in [1.54, 1.807) is 0 Å². The molecule has 0 aliphatic carbocycles. The third-order valence-electron chi connectivity index (χ3n) is 5.72. The van der Waals surface area contributed by atoms with Gasteiger partial charge in [0.15, 0.2) is 0 Å². The van der Waals surface area contributed by atoms with E-state index in [4.69, 9.17) is 0 Å². The first kappa shape index (κ1) is 18.6. The van der Waals surface area contributed by atoms with Crippen LogP contribution < -0.4 is 9.80 Å². The zero-order valence-corrected chi connectivity index (χ0v) is 17.6. The molecule has 2 heteroatoms. The largest absolute Gasteiger partial charge is 0.337 e. The van der Waals surface area contributed by atoms with Gasteiger partial charge in [-0.25, -0.2) is 0 Å². The number of benzene rings is 3. The molecule has 0 saturated carbocycles. The topological polar surface area (TPSA) is 6.48 Å². The van der Waals surface area contributed by atoms with Crippen LogP contribution in [0.15, 0.2) is 72.8 Å². The molecule has 144 valence electrons. The number of nitrogens with zero attached hydrogens (tertiary/aromatic N) is 2. The highest BCUT2D eigenvalue weighted by Crippen LogP contribution is 2.45. The zero-order chi connectivity index (χ0) is 19.9. The Morgan fingerprint density at radius 2 is 1.46 bits per heavy atom.